The Kier molecular flexibility index (Phi) is 20.4. The first-order valence-electron chi connectivity index (χ1n) is 14.5. The number of hydrogen-bond acceptors (Lipinski definition) is 3. The highest BCUT2D eigenvalue weighted by Gasteiger charge is 2.16. The van der Waals surface area contributed by atoms with Crippen molar-refractivity contribution < 1.29 is 9.53 Å². The minimum absolute atomic E-state index is 0.224. The molecule has 0 aromatic carbocycles. The largest absolute Gasteiger partial charge is 0.462 e. The summed E-state index contributed by atoms with van der Waals surface area (Å²) in [5.74, 6) is 0.107. The summed E-state index contributed by atoms with van der Waals surface area (Å²) < 4.78 is 5.67. The van der Waals surface area contributed by atoms with Crippen LogP contribution in [0.5, 0.6) is 0 Å². The number of esters is 1. The van der Waals surface area contributed by atoms with Crippen molar-refractivity contribution in [3.63, 3.8) is 0 Å². The Hall–Kier alpha value is -1.09. The molecule has 1 aromatic heterocycles. The van der Waals surface area contributed by atoms with Gasteiger partial charge in [-0.25, -0.2) is 9.78 Å². The molecule has 0 saturated heterocycles. The molecule has 0 spiro atoms. The molecule has 0 fully saturated rings. The summed E-state index contributed by atoms with van der Waals surface area (Å²) in [5.41, 5.74) is 0.369. The van der Waals surface area contributed by atoms with Gasteiger partial charge in [0.05, 0.1) is 12.2 Å². The van der Waals surface area contributed by atoms with Crippen LogP contribution in [0.4, 0.5) is 0 Å². The lowest BCUT2D eigenvalue weighted by Crippen LogP contribution is -2.15. The van der Waals surface area contributed by atoms with E-state index in [-0.39, 0.29) is 11.1 Å². The van der Waals surface area contributed by atoms with Gasteiger partial charge in [-0.1, -0.05) is 141 Å². The number of rotatable bonds is 23. The lowest BCUT2D eigenvalue weighted by atomic mass is 9.94. The average Bonchev–Trinajstić information content (AvgIpc) is 2.84. The molecule has 4 heteroatoms. The normalized spacial score (nSPS) is 12.1. The van der Waals surface area contributed by atoms with E-state index in [9.17, 15) is 4.79 Å². The molecular formula is C30H52ClNO2. The molecule has 1 heterocycles. The third-order valence-electron chi connectivity index (χ3n) is 6.86. The molecule has 1 atom stereocenters. The highest BCUT2D eigenvalue weighted by molar-refractivity contribution is 6.32. The molecule has 0 saturated carbocycles. The first-order chi connectivity index (χ1) is 16.7. The summed E-state index contributed by atoms with van der Waals surface area (Å²) in [4.78, 5) is 16.5. The Morgan fingerprint density at radius 1 is 0.765 bits per heavy atom. The second-order valence-corrected chi connectivity index (χ2v) is 10.4. The number of nitrogens with zero attached hydrogens (tertiary/aromatic N) is 1. The topological polar surface area (TPSA) is 39.2 Å². The molecule has 0 bridgehead atoms. The third-order valence-corrected chi connectivity index (χ3v) is 7.16. The van der Waals surface area contributed by atoms with Crippen molar-refractivity contribution in [1.29, 1.82) is 0 Å². The van der Waals surface area contributed by atoms with Gasteiger partial charge in [0.2, 0.25) is 0 Å². The molecule has 34 heavy (non-hydrogen) atoms. The zero-order valence-electron chi connectivity index (χ0n) is 22.3. The molecule has 0 amide bonds. The number of unbranched alkanes of at least 4 members (excludes halogenated alkanes) is 16. The van der Waals surface area contributed by atoms with Crippen molar-refractivity contribution in [2.24, 2.45) is 5.92 Å². The zero-order chi connectivity index (χ0) is 24.7. The van der Waals surface area contributed by atoms with E-state index in [0.717, 1.165) is 12.8 Å². The lowest BCUT2D eigenvalue weighted by molar-refractivity contribution is 0.0422. The number of pyridine rings is 1. The van der Waals surface area contributed by atoms with E-state index in [0.29, 0.717) is 18.1 Å². The van der Waals surface area contributed by atoms with Crippen LogP contribution in [0.3, 0.4) is 0 Å². The van der Waals surface area contributed by atoms with Crippen LogP contribution in [0.15, 0.2) is 18.3 Å². The predicted octanol–water partition coefficient (Wildman–Crippen LogP) is 10.3. The highest BCUT2D eigenvalue weighted by atomic mass is 35.5. The molecule has 0 aliphatic rings. The van der Waals surface area contributed by atoms with Gasteiger partial charge in [-0.05, 0) is 30.9 Å². The van der Waals surface area contributed by atoms with Gasteiger partial charge in [0, 0.05) is 6.20 Å². The van der Waals surface area contributed by atoms with Gasteiger partial charge in [-0.3, -0.25) is 0 Å². The maximum atomic E-state index is 12.5. The van der Waals surface area contributed by atoms with Crippen LogP contribution in [0.1, 0.15) is 153 Å². The maximum Gasteiger partial charge on any atom is 0.341 e. The van der Waals surface area contributed by atoms with E-state index >= 15 is 0 Å². The highest BCUT2D eigenvalue weighted by Crippen LogP contribution is 2.21. The van der Waals surface area contributed by atoms with Crippen molar-refractivity contribution in [2.45, 2.75) is 142 Å². The standard InChI is InChI=1S/C30H52ClNO2/c1-3-5-7-9-11-13-14-16-18-20-23-27(22-19-17-15-12-10-8-6-4-2)26-34-30(33)28-24-21-25-32-29(28)31/h21,24-25,27H,3-20,22-23,26H2,1-2H3. The van der Waals surface area contributed by atoms with Crippen LogP contribution >= 0.6 is 11.6 Å². The minimum atomic E-state index is -0.345. The van der Waals surface area contributed by atoms with Gasteiger partial charge in [-0.2, -0.15) is 0 Å². The van der Waals surface area contributed by atoms with Crippen molar-refractivity contribution >= 4 is 17.6 Å². The van der Waals surface area contributed by atoms with E-state index in [2.05, 4.69) is 18.8 Å². The fourth-order valence-electron chi connectivity index (χ4n) is 4.61. The van der Waals surface area contributed by atoms with Gasteiger partial charge < -0.3 is 4.74 Å². The van der Waals surface area contributed by atoms with Gasteiger partial charge in [0.15, 0.2) is 0 Å². The number of hydrogen-bond donors (Lipinski definition) is 0. The fourth-order valence-corrected chi connectivity index (χ4v) is 4.80. The average molecular weight is 494 g/mol. The van der Waals surface area contributed by atoms with E-state index < -0.39 is 0 Å². The van der Waals surface area contributed by atoms with Crippen molar-refractivity contribution in [2.75, 3.05) is 6.61 Å². The fraction of sp³-hybridized carbons (Fsp3) is 0.800. The Bertz CT molecular complexity index is 607. The quantitative estimate of drug-likeness (QED) is 0.0863. The molecule has 1 rings (SSSR count). The van der Waals surface area contributed by atoms with Gasteiger partial charge in [0.25, 0.3) is 0 Å². The predicted molar refractivity (Wildman–Crippen MR) is 147 cm³/mol. The second-order valence-electron chi connectivity index (χ2n) is 10.0. The molecular weight excluding hydrogens is 442 g/mol. The van der Waals surface area contributed by atoms with Gasteiger partial charge >= 0.3 is 5.97 Å². The van der Waals surface area contributed by atoms with Crippen LogP contribution in [0, 0.1) is 5.92 Å². The second kappa shape index (κ2) is 22.4. The summed E-state index contributed by atoms with van der Waals surface area (Å²) in [6.07, 6.45) is 28.1. The first-order valence-corrected chi connectivity index (χ1v) is 14.8. The first kappa shape index (κ1) is 30.9. The van der Waals surface area contributed by atoms with E-state index in [1.54, 1.807) is 18.3 Å². The van der Waals surface area contributed by atoms with Crippen molar-refractivity contribution in [1.82, 2.24) is 4.98 Å². The van der Waals surface area contributed by atoms with E-state index in [1.165, 1.54) is 116 Å². The summed E-state index contributed by atoms with van der Waals surface area (Å²) in [5, 5.41) is 0.224. The van der Waals surface area contributed by atoms with Gasteiger partial charge in [0.1, 0.15) is 5.15 Å². The zero-order valence-corrected chi connectivity index (χ0v) is 23.1. The number of ether oxygens (including phenoxy) is 1. The molecule has 1 aromatic rings. The number of carbonyl (C=O) groups is 1. The van der Waals surface area contributed by atoms with Crippen molar-refractivity contribution in [3.05, 3.63) is 29.0 Å². The summed E-state index contributed by atoms with van der Waals surface area (Å²) in [6, 6.07) is 3.41. The SMILES string of the molecule is CCCCCCCCCCCCC(CCCCCCCCCC)COC(=O)c1cccnc1Cl. The van der Waals surface area contributed by atoms with Gasteiger partial charge in [-0.15, -0.1) is 0 Å². The third kappa shape index (κ3) is 16.5. The summed E-state index contributed by atoms with van der Waals surface area (Å²) in [7, 11) is 0. The Balaban J connectivity index is 2.28. The number of halogens is 1. The van der Waals surface area contributed by atoms with Crippen LogP contribution in [-0.4, -0.2) is 17.6 Å². The summed E-state index contributed by atoms with van der Waals surface area (Å²) >= 11 is 6.07. The Morgan fingerprint density at radius 3 is 1.65 bits per heavy atom. The number of carbonyl (C=O) groups excluding carboxylic acids is 1. The van der Waals surface area contributed by atoms with E-state index in [4.69, 9.17) is 16.3 Å². The van der Waals surface area contributed by atoms with Crippen LogP contribution < -0.4 is 0 Å². The molecule has 0 aliphatic heterocycles. The smallest absolute Gasteiger partial charge is 0.341 e. The molecule has 3 nitrogen and oxygen atoms in total. The van der Waals surface area contributed by atoms with Crippen LogP contribution in [0.2, 0.25) is 5.15 Å². The molecule has 0 radical (unpaired) electrons. The summed E-state index contributed by atoms with van der Waals surface area (Å²) in [6.45, 7) is 5.04. The van der Waals surface area contributed by atoms with Crippen LogP contribution in [-0.2, 0) is 4.74 Å². The monoisotopic (exact) mass is 493 g/mol. The molecule has 0 N–H and O–H groups in total. The molecule has 1 unspecified atom stereocenters. The van der Waals surface area contributed by atoms with Crippen LogP contribution in [0.25, 0.3) is 0 Å². The lowest BCUT2D eigenvalue weighted by Gasteiger charge is -2.17. The molecule has 0 aliphatic carbocycles. The molecule has 196 valence electrons. The van der Waals surface area contributed by atoms with E-state index in [1.807, 2.05) is 0 Å². The van der Waals surface area contributed by atoms with Crippen molar-refractivity contribution in [3.8, 4) is 0 Å². The minimum Gasteiger partial charge on any atom is -0.462 e. The maximum absolute atomic E-state index is 12.5. The number of aromatic nitrogens is 1. The Morgan fingerprint density at radius 2 is 1.21 bits per heavy atom. The Labute approximate surface area is 215 Å².